The van der Waals surface area contributed by atoms with E-state index in [1.807, 2.05) is 13.8 Å². The van der Waals surface area contributed by atoms with Crippen molar-refractivity contribution >= 4 is 10.0 Å². The van der Waals surface area contributed by atoms with Gasteiger partial charge < -0.3 is 5.32 Å². The van der Waals surface area contributed by atoms with Crippen molar-refractivity contribution in [3.8, 4) is 0 Å². The summed E-state index contributed by atoms with van der Waals surface area (Å²) in [4.78, 5) is 0. The molecule has 0 aliphatic carbocycles. The van der Waals surface area contributed by atoms with Gasteiger partial charge in [-0.1, -0.05) is 20.8 Å². The molecule has 1 rings (SSSR count). The Hall–Kier alpha value is -0.130. The molecule has 1 unspecified atom stereocenters. The first kappa shape index (κ1) is 15.9. The first-order valence-electron chi connectivity index (χ1n) is 6.75. The number of rotatable bonds is 4. The molecule has 1 saturated heterocycles. The second kappa shape index (κ2) is 5.47. The van der Waals surface area contributed by atoms with E-state index in [1.54, 1.807) is 0 Å². The van der Waals surface area contributed by atoms with Gasteiger partial charge in [0.05, 0.1) is 5.25 Å². The lowest BCUT2D eigenvalue weighted by Crippen LogP contribution is -2.52. The van der Waals surface area contributed by atoms with E-state index in [0.29, 0.717) is 6.54 Å². The standard InChI is InChI=1S/C13H28N2O2S/c1-12(2,3)10-13(4,5)15-18(16,17)11-7-6-8-14-9-11/h11,14-15H,6-10H2,1-5H3. The van der Waals surface area contributed by atoms with Crippen molar-refractivity contribution in [3.05, 3.63) is 0 Å². The number of hydrogen-bond donors (Lipinski definition) is 2. The molecule has 0 spiro atoms. The molecule has 1 atom stereocenters. The molecule has 108 valence electrons. The molecule has 0 aromatic heterocycles. The van der Waals surface area contributed by atoms with Crippen molar-refractivity contribution in [1.29, 1.82) is 0 Å². The predicted octanol–water partition coefficient (Wildman–Crippen LogP) is 1.87. The lowest BCUT2D eigenvalue weighted by atomic mass is 9.82. The van der Waals surface area contributed by atoms with Gasteiger partial charge in [0, 0.05) is 12.1 Å². The van der Waals surface area contributed by atoms with E-state index in [-0.39, 0.29) is 10.7 Å². The van der Waals surface area contributed by atoms with Crippen LogP contribution in [0.2, 0.25) is 0 Å². The van der Waals surface area contributed by atoms with Crippen LogP contribution in [-0.4, -0.2) is 32.3 Å². The molecular weight excluding hydrogens is 248 g/mol. The summed E-state index contributed by atoms with van der Waals surface area (Å²) in [5, 5.41) is 2.87. The largest absolute Gasteiger partial charge is 0.315 e. The van der Waals surface area contributed by atoms with Gasteiger partial charge in [-0.15, -0.1) is 0 Å². The monoisotopic (exact) mass is 276 g/mol. The fourth-order valence-electron chi connectivity index (χ4n) is 2.92. The first-order chi connectivity index (χ1) is 8.02. The Bertz CT molecular complexity index is 363. The van der Waals surface area contributed by atoms with Crippen LogP contribution in [0, 0.1) is 5.41 Å². The summed E-state index contributed by atoms with van der Waals surface area (Å²) in [6.07, 6.45) is 2.51. The summed E-state index contributed by atoms with van der Waals surface area (Å²) in [5.41, 5.74) is -0.286. The van der Waals surface area contributed by atoms with E-state index in [2.05, 4.69) is 30.8 Å². The van der Waals surface area contributed by atoms with E-state index in [9.17, 15) is 8.42 Å². The fraction of sp³-hybridized carbons (Fsp3) is 1.00. The fourth-order valence-corrected chi connectivity index (χ4v) is 4.74. The van der Waals surface area contributed by atoms with Gasteiger partial charge in [-0.2, -0.15) is 0 Å². The molecule has 4 nitrogen and oxygen atoms in total. The van der Waals surface area contributed by atoms with Gasteiger partial charge in [0.1, 0.15) is 0 Å². The topological polar surface area (TPSA) is 58.2 Å². The summed E-state index contributed by atoms with van der Waals surface area (Å²) in [6, 6.07) is 0. The molecule has 1 fully saturated rings. The zero-order chi connectivity index (χ0) is 14.0. The minimum absolute atomic E-state index is 0.108. The van der Waals surface area contributed by atoms with E-state index < -0.39 is 15.6 Å². The minimum Gasteiger partial charge on any atom is -0.315 e. The molecule has 0 saturated carbocycles. The van der Waals surface area contributed by atoms with E-state index in [1.165, 1.54) is 0 Å². The highest BCUT2D eigenvalue weighted by molar-refractivity contribution is 7.90. The molecule has 0 radical (unpaired) electrons. The lowest BCUT2D eigenvalue weighted by Gasteiger charge is -2.35. The lowest BCUT2D eigenvalue weighted by molar-refractivity contribution is 0.268. The summed E-state index contributed by atoms with van der Waals surface area (Å²) in [5.74, 6) is 0. The third-order valence-electron chi connectivity index (χ3n) is 3.08. The van der Waals surface area contributed by atoms with Crippen molar-refractivity contribution in [1.82, 2.24) is 10.0 Å². The number of nitrogens with one attached hydrogen (secondary N) is 2. The molecule has 1 aliphatic heterocycles. The van der Waals surface area contributed by atoms with Crippen molar-refractivity contribution in [2.75, 3.05) is 13.1 Å². The minimum atomic E-state index is -3.23. The maximum Gasteiger partial charge on any atom is 0.216 e. The molecule has 1 aliphatic rings. The zero-order valence-electron chi connectivity index (χ0n) is 12.3. The average molecular weight is 276 g/mol. The van der Waals surface area contributed by atoms with Crippen LogP contribution in [-0.2, 0) is 10.0 Å². The van der Waals surface area contributed by atoms with Gasteiger partial charge in [0.2, 0.25) is 10.0 Å². The van der Waals surface area contributed by atoms with Crippen LogP contribution in [0.5, 0.6) is 0 Å². The number of sulfonamides is 1. The molecule has 1 heterocycles. The maximum atomic E-state index is 12.3. The SMILES string of the molecule is CC(C)(C)CC(C)(C)NS(=O)(=O)C1CCCNC1. The molecule has 0 bridgehead atoms. The second-order valence-corrected chi connectivity index (χ2v) is 9.20. The smallest absolute Gasteiger partial charge is 0.216 e. The van der Waals surface area contributed by atoms with Crippen molar-refractivity contribution in [2.24, 2.45) is 5.41 Å². The van der Waals surface area contributed by atoms with Crippen molar-refractivity contribution in [2.45, 2.75) is 64.7 Å². The van der Waals surface area contributed by atoms with Crippen LogP contribution >= 0.6 is 0 Å². The van der Waals surface area contributed by atoms with Crippen LogP contribution < -0.4 is 10.0 Å². The van der Waals surface area contributed by atoms with Crippen LogP contribution in [0.15, 0.2) is 0 Å². The van der Waals surface area contributed by atoms with Crippen molar-refractivity contribution < 1.29 is 8.42 Å². The summed E-state index contributed by atoms with van der Waals surface area (Å²) < 4.78 is 27.6. The summed E-state index contributed by atoms with van der Waals surface area (Å²) in [7, 11) is -3.23. The van der Waals surface area contributed by atoms with Crippen LogP contribution in [0.1, 0.15) is 53.9 Å². The van der Waals surface area contributed by atoms with E-state index in [0.717, 1.165) is 25.8 Å². The highest BCUT2D eigenvalue weighted by atomic mass is 32.2. The molecule has 0 aromatic rings. The predicted molar refractivity (Wildman–Crippen MR) is 76.1 cm³/mol. The zero-order valence-corrected chi connectivity index (χ0v) is 13.2. The van der Waals surface area contributed by atoms with E-state index >= 15 is 0 Å². The maximum absolute atomic E-state index is 12.3. The normalized spacial score (nSPS) is 23.1. The van der Waals surface area contributed by atoms with Gasteiger partial charge in [-0.05, 0) is 45.1 Å². The third kappa shape index (κ3) is 5.24. The Morgan fingerprint density at radius 2 is 1.83 bits per heavy atom. The number of hydrogen-bond acceptors (Lipinski definition) is 3. The van der Waals surface area contributed by atoms with Crippen LogP contribution in [0.4, 0.5) is 0 Å². The van der Waals surface area contributed by atoms with Crippen molar-refractivity contribution in [3.63, 3.8) is 0 Å². The third-order valence-corrected chi connectivity index (χ3v) is 5.20. The van der Waals surface area contributed by atoms with Gasteiger partial charge in [0.25, 0.3) is 0 Å². The summed E-state index contributed by atoms with van der Waals surface area (Å²) >= 11 is 0. The molecule has 0 aromatic carbocycles. The first-order valence-corrected chi connectivity index (χ1v) is 8.30. The van der Waals surface area contributed by atoms with Gasteiger partial charge >= 0.3 is 0 Å². The quantitative estimate of drug-likeness (QED) is 0.824. The molecule has 18 heavy (non-hydrogen) atoms. The highest BCUT2D eigenvalue weighted by Gasteiger charge is 2.34. The highest BCUT2D eigenvalue weighted by Crippen LogP contribution is 2.28. The summed E-state index contributed by atoms with van der Waals surface area (Å²) in [6.45, 7) is 11.8. The Labute approximate surface area is 112 Å². The Morgan fingerprint density at radius 3 is 2.28 bits per heavy atom. The van der Waals surface area contributed by atoms with Gasteiger partial charge in [0.15, 0.2) is 0 Å². The van der Waals surface area contributed by atoms with Gasteiger partial charge in [-0.25, -0.2) is 13.1 Å². The second-order valence-electron chi connectivity index (χ2n) is 7.24. The van der Waals surface area contributed by atoms with E-state index in [4.69, 9.17) is 0 Å². The number of piperidine rings is 1. The molecule has 5 heteroatoms. The van der Waals surface area contributed by atoms with Crippen LogP contribution in [0.25, 0.3) is 0 Å². The Kier molecular flexibility index (Phi) is 4.84. The Balaban J connectivity index is 2.69. The molecular formula is C13H28N2O2S. The molecule has 2 N–H and O–H groups in total. The van der Waals surface area contributed by atoms with Crippen LogP contribution in [0.3, 0.4) is 0 Å². The average Bonchev–Trinajstić information content (AvgIpc) is 2.13. The molecule has 0 amide bonds. The Morgan fingerprint density at radius 1 is 1.22 bits per heavy atom. The van der Waals surface area contributed by atoms with Gasteiger partial charge in [-0.3, -0.25) is 0 Å².